The molecule has 3 aromatic heterocycles. The molecule has 1 saturated carbocycles. The average Bonchev–Trinajstić information content (AvgIpc) is 3.64. The molecule has 5 heterocycles. The molecule has 3 fully saturated rings. The molecule has 1 N–H and O–H groups in total. The van der Waals surface area contributed by atoms with Crippen LogP contribution < -0.4 is 15.1 Å². The van der Waals surface area contributed by atoms with Crippen molar-refractivity contribution in [2.75, 3.05) is 54.4 Å². The maximum absolute atomic E-state index is 13.1. The van der Waals surface area contributed by atoms with Crippen molar-refractivity contribution in [2.45, 2.75) is 64.8 Å². The Labute approximate surface area is 224 Å². The summed E-state index contributed by atoms with van der Waals surface area (Å²) in [6.07, 6.45) is 11.8. The predicted octanol–water partition coefficient (Wildman–Crippen LogP) is 4.37. The molecule has 0 unspecified atom stereocenters. The van der Waals surface area contributed by atoms with Crippen LogP contribution in [0.3, 0.4) is 0 Å². The molecule has 1 amide bonds. The summed E-state index contributed by atoms with van der Waals surface area (Å²) in [5.74, 6) is 3.71. The Morgan fingerprint density at radius 2 is 1.63 bits per heavy atom. The smallest absolute Gasteiger partial charge is 0.229 e. The van der Waals surface area contributed by atoms with Crippen LogP contribution in [0.2, 0.25) is 0 Å². The van der Waals surface area contributed by atoms with Crippen LogP contribution in [0.1, 0.15) is 64.8 Å². The van der Waals surface area contributed by atoms with Crippen molar-refractivity contribution in [3.05, 3.63) is 24.5 Å². The highest BCUT2D eigenvalue weighted by atomic mass is 16.2. The lowest BCUT2D eigenvalue weighted by atomic mass is 9.88. The van der Waals surface area contributed by atoms with Gasteiger partial charge in [-0.15, -0.1) is 0 Å². The second-order valence-electron chi connectivity index (χ2n) is 11.2. The van der Waals surface area contributed by atoms with Crippen molar-refractivity contribution in [1.82, 2.24) is 29.6 Å². The van der Waals surface area contributed by atoms with Crippen molar-refractivity contribution >= 4 is 40.2 Å². The molecule has 0 spiro atoms. The molecule has 2 saturated heterocycles. The fraction of sp³-hybridized carbons (Fsp3) is 0.607. The van der Waals surface area contributed by atoms with Gasteiger partial charge in [0.2, 0.25) is 11.9 Å². The highest BCUT2D eigenvalue weighted by Gasteiger charge is 2.29. The van der Waals surface area contributed by atoms with Gasteiger partial charge in [0.25, 0.3) is 0 Å². The summed E-state index contributed by atoms with van der Waals surface area (Å²) < 4.78 is 2.01. The van der Waals surface area contributed by atoms with E-state index in [-0.39, 0.29) is 12.0 Å². The van der Waals surface area contributed by atoms with E-state index in [1.165, 1.54) is 32.1 Å². The van der Waals surface area contributed by atoms with Crippen LogP contribution in [0.5, 0.6) is 0 Å². The third kappa shape index (κ3) is 5.13. The molecule has 0 aromatic carbocycles. The summed E-state index contributed by atoms with van der Waals surface area (Å²) in [4.78, 5) is 34.2. The third-order valence-electron chi connectivity index (χ3n) is 8.18. The lowest BCUT2D eigenvalue weighted by Crippen LogP contribution is -2.51. The zero-order chi connectivity index (χ0) is 26.1. The van der Waals surface area contributed by atoms with Gasteiger partial charge < -0.3 is 20.0 Å². The molecule has 1 aliphatic carbocycles. The lowest BCUT2D eigenvalue weighted by molar-refractivity contribution is -0.136. The first-order valence-corrected chi connectivity index (χ1v) is 14.3. The van der Waals surface area contributed by atoms with E-state index >= 15 is 0 Å². The first kappa shape index (κ1) is 24.9. The van der Waals surface area contributed by atoms with Crippen LogP contribution in [0.25, 0.3) is 10.9 Å². The standard InChI is InChI=1S/C28H39N9O/c1-20(2)37-23-16-24(29-18-22(23)19-30-37)31-25-17-26(34-10-6-7-11-34)33-28(32-25)36-14-12-35(13-15-36)27(38)21-8-4-3-5-9-21/h16-21H,3-15H2,1-2H3,(H,29,31,32,33). The van der Waals surface area contributed by atoms with Gasteiger partial charge in [-0.2, -0.15) is 15.1 Å². The Bertz CT molecular complexity index is 1270. The zero-order valence-electron chi connectivity index (χ0n) is 22.6. The third-order valence-corrected chi connectivity index (χ3v) is 8.18. The summed E-state index contributed by atoms with van der Waals surface area (Å²) in [6, 6.07) is 4.33. The largest absolute Gasteiger partial charge is 0.356 e. The highest BCUT2D eigenvalue weighted by molar-refractivity contribution is 5.81. The van der Waals surface area contributed by atoms with Gasteiger partial charge >= 0.3 is 0 Å². The monoisotopic (exact) mass is 517 g/mol. The van der Waals surface area contributed by atoms with Gasteiger partial charge in [0.1, 0.15) is 17.5 Å². The Morgan fingerprint density at radius 1 is 0.868 bits per heavy atom. The predicted molar refractivity (Wildman–Crippen MR) is 150 cm³/mol. The van der Waals surface area contributed by atoms with Gasteiger partial charge in [-0.3, -0.25) is 9.48 Å². The number of hydrogen-bond donors (Lipinski definition) is 1. The number of pyridine rings is 1. The van der Waals surface area contributed by atoms with E-state index in [0.717, 1.165) is 86.4 Å². The van der Waals surface area contributed by atoms with E-state index in [4.69, 9.17) is 9.97 Å². The van der Waals surface area contributed by atoms with Crippen molar-refractivity contribution < 1.29 is 4.79 Å². The number of anilines is 4. The molecule has 0 atom stereocenters. The minimum absolute atomic E-state index is 0.220. The van der Waals surface area contributed by atoms with Gasteiger partial charge in [-0.25, -0.2) is 4.98 Å². The number of fused-ring (bicyclic) bond motifs is 1. The van der Waals surface area contributed by atoms with Crippen LogP contribution in [-0.2, 0) is 4.79 Å². The molecule has 10 heteroatoms. The van der Waals surface area contributed by atoms with Crippen molar-refractivity contribution in [3.8, 4) is 0 Å². The van der Waals surface area contributed by atoms with Crippen LogP contribution in [-0.4, -0.2) is 74.8 Å². The van der Waals surface area contributed by atoms with Gasteiger partial charge in [0.15, 0.2) is 0 Å². The number of amides is 1. The Morgan fingerprint density at radius 3 is 2.37 bits per heavy atom. The second kappa shape index (κ2) is 10.7. The Hall–Kier alpha value is -3.43. The zero-order valence-corrected chi connectivity index (χ0v) is 22.6. The molecule has 2 aliphatic heterocycles. The van der Waals surface area contributed by atoms with E-state index in [1.54, 1.807) is 0 Å². The van der Waals surface area contributed by atoms with E-state index in [0.29, 0.717) is 5.91 Å². The summed E-state index contributed by atoms with van der Waals surface area (Å²) in [5.41, 5.74) is 1.05. The fourth-order valence-electron chi connectivity index (χ4n) is 6.02. The van der Waals surface area contributed by atoms with Crippen LogP contribution in [0, 0.1) is 5.92 Å². The molecule has 6 rings (SSSR count). The molecule has 0 bridgehead atoms. The number of aromatic nitrogens is 5. The van der Waals surface area contributed by atoms with Crippen LogP contribution in [0.4, 0.5) is 23.4 Å². The van der Waals surface area contributed by atoms with E-state index < -0.39 is 0 Å². The quantitative estimate of drug-likeness (QED) is 0.515. The molecule has 3 aromatic rings. The lowest BCUT2D eigenvalue weighted by Gasteiger charge is -2.37. The molecule has 10 nitrogen and oxygen atoms in total. The summed E-state index contributed by atoms with van der Waals surface area (Å²) in [6.45, 7) is 9.23. The number of nitrogens with zero attached hydrogens (tertiary/aromatic N) is 8. The topological polar surface area (TPSA) is 95.3 Å². The van der Waals surface area contributed by atoms with Crippen LogP contribution >= 0.6 is 0 Å². The second-order valence-corrected chi connectivity index (χ2v) is 11.2. The van der Waals surface area contributed by atoms with Gasteiger partial charge in [0.05, 0.1) is 11.7 Å². The maximum atomic E-state index is 13.1. The molecule has 3 aliphatic rings. The van der Waals surface area contributed by atoms with Crippen LogP contribution in [0.15, 0.2) is 24.5 Å². The first-order valence-electron chi connectivity index (χ1n) is 14.3. The molecule has 38 heavy (non-hydrogen) atoms. The number of carbonyl (C=O) groups excluding carboxylic acids is 1. The minimum Gasteiger partial charge on any atom is -0.356 e. The number of nitrogens with one attached hydrogen (secondary N) is 1. The Kier molecular flexibility index (Phi) is 7.04. The summed E-state index contributed by atoms with van der Waals surface area (Å²) in [5, 5.41) is 8.98. The summed E-state index contributed by atoms with van der Waals surface area (Å²) >= 11 is 0. The van der Waals surface area contributed by atoms with Gasteiger partial charge in [-0.1, -0.05) is 19.3 Å². The van der Waals surface area contributed by atoms with Gasteiger partial charge in [0, 0.05) is 74.9 Å². The highest BCUT2D eigenvalue weighted by Crippen LogP contribution is 2.29. The average molecular weight is 518 g/mol. The minimum atomic E-state index is 0.220. The summed E-state index contributed by atoms with van der Waals surface area (Å²) in [7, 11) is 0. The Balaban J connectivity index is 1.22. The van der Waals surface area contributed by atoms with Crippen molar-refractivity contribution in [1.29, 1.82) is 0 Å². The number of hydrogen-bond acceptors (Lipinski definition) is 8. The van der Waals surface area contributed by atoms with Gasteiger partial charge in [-0.05, 0) is 39.5 Å². The normalized spacial score (nSPS) is 19.1. The van der Waals surface area contributed by atoms with E-state index in [2.05, 4.69) is 43.9 Å². The fourth-order valence-corrected chi connectivity index (χ4v) is 6.02. The van der Waals surface area contributed by atoms with Crippen molar-refractivity contribution in [3.63, 3.8) is 0 Å². The van der Waals surface area contributed by atoms with E-state index in [9.17, 15) is 4.79 Å². The van der Waals surface area contributed by atoms with E-state index in [1.807, 2.05) is 29.2 Å². The number of carbonyl (C=O) groups is 1. The number of piperazine rings is 1. The first-order chi connectivity index (χ1) is 18.5. The van der Waals surface area contributed by atoms with Crippen molar-refractivity contribution in [2.24, 2.45) is 5.92 Å². The molecule has 0 radical (unpaired) electrons. The molecular formula is C28H39N9O. The molecule has 202 valence electrons. The number of rotatable bonds is 6. The maximum Gasteiger partial charge on any atom is 0.229 e. The molecular weight excluding hydrogens is 478 g/mol. The SMILES string of the molecule is CC(C)n1ncc2cnc(Nc3cc(N4CCCC4)nc(N4CCN(C(=O)C5CCCCC5)CC4)n3)cc21.